The Labute approximate surface area is 105 Å². The molecule has 1 aliphatic rings. The first kappa shape index (κ1) is 12.6. The maximum absolute atomic E-state index is 5.70. The van der Waals surface area contributed by atoms with Crippen LogP contribution in [0.5, 0.6) is 0 Å². The monoisotopic (exact) mass is 232 g/mol. The fourth-order valence-corrected chi connectivity index (χ4v) is 2.96. The Morgan fingerprint density at radius 2 is 2.00 bits per heavy atom. The standard InChI is InChI=1S/C15H24N2/c1-12(13-7-10-17-11-8-13)15-5-3-2-4-14(15)6-9-16/h2-5,12-13,17H,6-11,16H2,1H3. The van der Waals surface area contributed by atoms with Crippen molar-refractivity contribution in [2.45, 2.75) is 32.1 Å². The number of rotatable bonds is 4. The molecule has 0 amide bonds. The molecule has 2 heteroatoms. The van der Waals surface area contributed by atoms with E-state index in [4.69, 9.17) is 5.73 Å². The maximum Gasteiger partial charge on any atom is -0.00366 e. The van der Waals surface area contributed by atoms with Gasteiger partial charge in [0.15, 0.2) is 0 Å². The van der Waals surface area contributed by atoms with E-state index in [0.717, 1.165) is 18.9 Å². The molecule has 2 nitrogen and oxygen atoms in total. The third-order valence-electron chi connectivity index (χ3n) is 4.05. The summed E-state index contributed by atoms with van der Waals surface area (Å²) in [6.07, 6.45) is 3.61. The Bertz CT molecular complexity index is 343. The van der Waals surface area contributed by atoms with Crippen molar-refractivity contribution in [3.8, 4) is 0 Å². The zero-order chi connectivity index (χ0) is 12.1. The zero-order valence-electron chi connectivity index (χ0n) is 10.8. The van der Waals surface area contributed by atoms with Gasteiger partial charge < -0.3 is 11.1 Å². The smallest absolute Gasteiger partial charge is 0.00366 e. The minimum Gasteiger partial charge on any atom is -0.330 e. The maximum atomic E-state index is 5.70. The molecular formula is C15H24N2. The van der Waals surface area contributed by atoms with E-state index in [-0.39, 0.29) is 0 Å². The molecule has 0 aliphatic carbocycles. The van der Waals surface area contributed by atoms with Gasteiger partial charge in [-0.3, -0.25) is 0 Å². The number of nitrogens with two attached hydrogens (primary N) is 1. The first-order valence-electron chi connectivity index (χ1n) is 6.81. The van der Waals surface area contributed by atoms with Gasteiger partial charge in [-0.25, -0.2) is 0 Å². The fourth-order valence-electron chi connectivity index (χ4n) is 2.96. The van der Waals surface area contributed by atoms with Crippen LogP contribution in [0.4, 0.5) is 0 Å². The lowest BCUT2D eigenvalue weighted by molar-refractivity contribution is 0.329. The highest BCUT2D eigenvalue weighted by molar-refractivity contribution is 5.31. The minimum atomic E-state index is 0.667. The van der Waals surface area contributed by atoms with Crippen molar-refractivity contribution < 1.29 is 0 Å². The van der Waals surface area contributed by atoms with Crippen LogP contribution in [-0.2, 0) is 6.42 Å². The highest BCUT2D eigenvalue weighted by Crippen LogP contribution is 2.32. The van der Waals surface area contributed by atoms with Crippen LogP contribution in [0, 0.1) is 5.92 Å². The molecule has 0 radical (unpaired) electrons. The molecule has 0 aromatic heterocycles. The zero-order valence-corrected chi connectivity index (χ0v) is 10.8. The highest BCUT2D eigenvalue weighted by atomic mass is 14.9. The summed E-state index contributed by atoms with van der Waals surface area (Å²) in [5.74, 6) is 1.50. The molecule has 2 rings (SSSR count). The van der Waals surface area contributed by atoms with Gasteiger partial charge in [-0.2, -0.15) is 0 Å². The second kappa shape index (κ2) is 6.18. The molecule has 1 fully saturated rings. The SMILES string of the molecule is CC(c1ccccc1CCN)C1CCNCC1. The van der Waals surface area contributed by atoms with E-state index >= 15 is 0 Å². The Kier molecular flexibility index (Phi) is 4.57. The first-order valence-corrected chi connectivity index (χ1v) is 6.81. The minimum absolute atomic E-state index is 0.667. The Morgan fingerprint density at radius 1 is 1.29 bits per heavy atom. The van der Waals surface area contributed by atoms with E-state index in [0.29, 0.717) is 5.92 Å². The molecule has 94 valence electrons. The van der Waals surface area contributed by atoms with Gasteiger partial charge in [-0.05, 0) is 61.9 Å². The van der Waals surface area contributed by atoms with Gasteiger partial charge in [0.25, 0.3) is 0 Å². The lowest BCUT2D eigenvalue weighted by Gasteiger charge is -2.29. The molecule has 1 saturated heterocycles. The first-order chi connectivity index (χ1) is 8.33. The Morgan fingerprint density at radius 3 is 2.71 bits per heavy atom. The molecule has 0 spiro atoms. The molecule has 1 aliphatic heterocycles. The second-order valence-electron chi connectivity index (χ2n) is 5.11. The Hall–Kier alpha value is -0.860. The predicted octanol–water partition coefficient (Wildman–Crippen LogP) is 2.29. The van der Waals surface area contributed by atoms with Gasteiger partial charge >= 0.3 is 0 Å². The van der Waals surface area contributed by atoms with Crippen LogP contribution in [0.15, 0.2) is 24.3 Å². The van der Waals surface area contributed by atoms with Crippen molar-refractivity contribution in [1.29, 1.82) is 0 Å². The molecule has 1 atom stereocenters. The Balaban J connectivity index is 2.14. The van der Waals surface area contributed by atoms with Crippen molar-refractivity contribution in [3.05, 3.63) is 35.4 Å². The molecular weight excluding hydrogens is 208 g/mol. The summed E-state index contributed by atoms with van der Waals surface area (Å²) in [6.45, 7) is 5.48. The summed E-state index contributed by atoms with van der Waals surface area (Å²) in [5, 5.41) is 3.44. The van der Waals surface area contributed by atoms with Crippen molar-refractivity contribution in [2.24, 2.45) is 11.7 Å². The second-order valence-corrected chi connectivity index (χ2v) is 5.11. The third kappa shape index (κ3) is 3.08. The van der Waals surface area contributed by atoms with Crippen molar-refractivity contribution in [2.75, 3.05) is 19.6 Å². The number of piperidine rings is 1. The van der Waals surface area contributed by atoms with E-state index < -0.39 is 0 Å². The molecule has 0 saturated carbocycles. The van der Waals surface area contributed by atoms with Gasteiger partial charge in [0.05, 0.1) is 0 Å². The summed E-state index contributed by atoms with van der Waals surface area (Å²) in [5.41, 5.74) is 8.66. The van der Waals surface area contributed by atoms with E-state index in [2.05, 4.69) is 36.5 Å². The summed E-state index contributed by atoms with van der Waals surface area (Å²) < 4.78 is 0. The van der Waals surface area contributed by atoms with Gasteiger partial charge in [0.2, 0.25) is 0 Å². The van der Waals surface area contributed by atoms with Crippen LogP contribution < -0.4 is 11.1 Å². The normalized spacial score (nSPS) is 19.2. The van der Waals surface area contributed by atoms with Gasteiger partial charge in [0, 0.05) is 0 Å². The van der Waals surface area contributed by atoms with Crippen molar-refractivity contribution >= 4 is 0 Å². The summed E-state index contributed by atoms with van der Waals surface area (Å²) in [4.78, 5) is 0. The summed E-state index contributed by atoms with van der Waals surface area (Å²) in [6, 6.07) is 8.81. The van der Waals surface area contributed by atoms with E-state index in [1.54, 1.807) is 0 Å². The fraction of sp³-hybridized carbons (Fsp3) is 0.600. The topological polar surface area (TPSA) is 38.0 Å². The molecule has 1 aromatic rings. The van der Waals surface area contributed by atoms with Gasteiger partial charge in [0.1, 0.15) is 0 Å². The van der Waals surface area contributed by atoms with E-state index in [1.807, 2.05) is 0 Å². The van der Waals surface area contributed by atoms with E-state index in [1.165, 1.54) is 37.1 Å². The molecule has 3 N–H and O–H groups in total. The van der Waals surface area contributed by atoms with Crippen LogP contribution in [0.25, 0.3) is 0 Å². The van der Waals surface area contributed by atoms with Crippen molar-refractivity contribution in [1.82, 2.24) is 5.32 Å². The summed E-state index contributed by atoms with van der Waals surface area (Å²) >= 11 is 0. The predicted molar refractivity (Wildman–Crippen MR) is 73.2 cm³/mol. The number of hydrogen-bond donors (Lipinski definition) is 2. The van der Waals surface area contributed by atoms with Crippen LogP contribution in [0.2, 0.25) is 0 Å². The van der Waals surface area contributed by atoms with Crippen molar-refractivity contribution in [3.63, 3.8) is 0 Å². The van der Waals surface area contributed by atoms with Crippen LogP contribution in [0.1, 0.15) is 36.8 Å². The average molecular weight is 232 g/mol. The molecule has 1 aromatic carbocycles. The lowest BCUT2D eigenvalue weighted by atomic mass is 9.79. The largest absolute Gasteiger partial charge is 0.330 e. The molecule has 17 heavy (non-hydrogen) atoms. The van der Waals surface area contributed by atoms with Crippen LogP contribution in [0.3, 0.4) is 0 Å². The third-order valence-corrected chi connectivity index (χ3v) is 4.05. The lowest BCUT2D eigenvalue weighted by Crippen LogP contribution is -2.30. The quantitative estimate of drug-likeness (QED) is 0.836. The number of benzene rings is 1. The van der Waals surface area contributed by atoms with Crippen LogP contribution >= 0.6 is 0 Å². The highest BCUT2D eigenvalue weighted by Gasteiger charge is 2.22. The summed E-state index contributed by atoms with van der Waals surface area (Å²) in [7, 11) is 0. The van der Waals surface area contributed by atoms with Gasteiger partial charge in [-0.15, -0.1) is 0 Å². The average Bonchev–Trinajstić information content (AvgIpc) is 2.40. The molecule has 1 unspecified atom stereocenters. The van der Waals surface area contributed by atoms with Gasteiger partial charge in [-0.1, -0.05) is 31.2 Å². The number of hydrogen-bond acceptors (Lipinski definition) is 2. The molecule has 0 bridgehead atoms. The van der Waals surface area contributed by atoms with Crippen LogP contribution in [-0.4, -0.2) is 19.6 Å². The molecule has 1 heterocycles. The number of nitrogens with one attached hydrogen (secondary N) is 1. The van der Waals surface area contributed by atoms with E-state index in [9.17, 15) is 0 Å².